The molecule has 6 nitrogen and oxygen atoms in total. The SMILES string of the molecule is CN(C)c1ccc(-c2cnc3c(c2)c(C(=O)c2cccnc2)cn3COCC[Si](C)(C)C)cc1. The number of hydrogen-bond donors (Lipinski definition) is 0. The number of pyridine rings is 2. The number of nitrogens with zero attached hydrogens (tertiary/aromatic N) is 4. The van der Waals surface area contributed by atoms with E-state index < -0.39 is 8.07 Å². The number of hydrogen-bond acceptors (Lipinski definition) is 5. The van der Waals surface area contributed by atoms with Crippen LogP contribution in [0.2, 0.25) is 25.7 Å². The summed E-state index contributed by atoms with van der Waals surface area (Å²) in [5.74, 6) is -0.0687. The average Bonchev–Trinajstić information content (AvgIpc) is 3.19. The number of aromatic nitrogens is 3. The van der Waals surface area contributed by atoms with Gasteiger partial charge in [0, 0.05) is 81.3 Å². The van der Waals surface area contributed by atoms with Crippen molar-refractivity contribution >= 4 is 30.6 Å². The third-order valence-electron chi connectivity index (χ3n) is 5.83. The van der Waals surface area contributed by atoms with E-state index in [0.29, 0.717) is 24.5 Å². The van der Waals surface area contributed by atoms with Crippen molar-refractivity contribution in [3.05, 3.63) is 78.4 Å². The summed E-state index contributed by atoms with van der Waals surface area (Å²) < 4.78 is 7.92. The number of anilines is 1. The Morgan fingerprint density at radius 1 is 1.06 bits per heavy atom. The molecule has 0 aliphatic heterocycles. The van der Waals surface area contributed by atoms with E-state index in [-0.39, 0.29) is 5.78 Å². The molecular formula is C27H32N4O2Si. The maximum absolute atomic E-state index is 13.4. The van der Waals surface area contributed by atoms with Crippen LogP contribution in [0.25, 0.3) is 22.2 Å². The fraction of sp³-hybridized carbons (Fsp3) is 0.296. The van der Waals surface area contributed by atoms with E-state index in [2.05, 4.69) is 59.9 Å². The van der Waals surface area contributed by atoms with Crippen LogP contribution < -0.4 is 4.90 Å². The molecule has 3 aromatic heterocycles. The zero-order valence-corrected chi connectivity index (χ0v) is 21.6. The number of ketones is 1. The molecule has 0 radical (unpaired) electrons. The van der Waals surface area contributed by atoms with Gasteiger partial charge in [0.1, 0.15) is 12.4 Å². The van der Waals surface area contributed by atoms with Crippen LogP contribution in [-0.4, -0.2) is 49.1 Å². The molecule has 4 rings (SSSR count). The lowest BCUT2D eigenvalue weighted by atomic mass is 10.0. The van der Waals surface area contributed by atoms with Crippen molar-refractivity contribution in [2.24, 2.45) is 0 Å². The van der Waals surface area contributed by atoms with Crippen molar-refractivity contribution in [1.82, 2.24) is 14.5 Å². The molecule has 0 amide bonds. The first-order valence-corrected chi connectivity index (χ1v) is 15.2. The van der Waals surface area contributed by atoms with Gasteiger partial charge in [-0.1, -0.05) is 31.8 Å². The van der Waals surface area contributed by atoms with Crippen molar-refractivity contribution in [3.8, 4) is 11.1 Å². The summed E-state index contributed by atoms with van der Waals surface area (Å²) >= 11 is 0. The van der Waals surface area contributed by atoms with E-state index in [9.17, 15) is 4.79 Å². The standard InChI is InChI=1S/C27H32N4O2Si/c1-30(2)23-10-8-20(9-11-23)22-15-24-25(26(32)21-7-6-12-28-16-21)18-31(27(24)29-17-22)19-33-13-14-34(3,4)5/h6-12,15-18H,13-14,19H2,1-5H3. The van der Waals surface area contributed by atoms with Gasteiger partial charge < -0.3 is 14.2 Å². The highest BCUT2D eigenvalue weighted by molar-refractivity contribution is 6.76. The summed E-state index contributed by atoms with van der Waals surface area (Å²) in [4.78, 5) is 24.3. The molecule has 7 heteroatoms. The normalized spacial score (nSPS) is 11.7. The molecule has 3 heterocycles. The number of rotatable bonds is 9. The second kappa shape index (κ2) is 9.91. The minimum Gasteiger partial charge on any atom is -0.378 e. The predicted octanol–water partition coefficient (Wildman–Crippen LogP) is 5.71. The number of benzene rings is 1. The van der Waals surface area contributed by atoms with E-state index in [4.69, 9.17) is 9.72 Å². The van der Waals surface area contributed by atoms with Crippen LogP contribution in [0, 0.1) is 0 Å². The van der Waals surface area contributed by atoms with Gasteiger partial charge in [0.2, 0.25) is 0 Å². The van der Waals surface area contributed by atoms with Gasteiger partial charge in [0.25, 0.3) is 0 Å². The zero-order chi connectivity index (χ0) is 24.3. The van der Waals surface area contributed by atoms with Crippen molar-refractivity contribution in [2.75, 3.05) is 25.6 Å². The van der Waals surface area contributed by atoms with E-state index in [1.165, 1.54) is 0 Å². The van der Waals surface area contributed by atoms with Crippen LogP contribution in [0.1, 0.15) is 15.9 Å². The van der Waals surface area contributed by atoms with E-state index in [1.807, 2.05) is 31.1 Å². The summed E-state index contributed by atoms with van der Waals surface area (Å²) in [6, 6.07) is 15.0. The average molecular weight is 473 g/mol. The van der Waals surface area contributed by atoms with Crippen molar-refractivity contribution in [1.29, 1.82) is 0 Å². The topological polar surface area (TPSA) is 60.2 Å². The summed E-state index contributed by atoms with van der Waals surface area (Å²) in [5, 5.41) is 0.817. The lowest BCUT2D eigenvalue weighted by Crippen LogP contribution is -2.22. The third-order valence-corrected chi connectivity index (χ3v) is 7.53. The maximum atomic E-state index is 13.4. The molecule has 176 valence electrons. The molecule has 0 aliphatic carbocycles. The van der Waals surface area contributed by atoms with Crippen LogP contribution >= 0.6 is 0 Å². The Kier molecular flexibility index (Phi) is 6.95. The Labute approximate surface area is 202 Å². The minimum absolute atomic E-state index is 0.0687. The van der Waals surface area contributed by atoms with Crippen molar-refractivity contribution in [3.63, 3.8) is 0 Å². The van der Waals surface area contributed by atoms with Crippen LogP contribution in [-0.2, 0) is 11.5 Å². The Bertz CT molecular complexity index is 1280. The minimum atomic E-state index is -1.18. The largest absolute Gasteiger partial charge is 0.378 e. The monoisotopic (exact) mass is 472 g/mol. The Balaban J connectivity index is 1.71. The first kappa shape index (κ1) is 23.9. The maximum Gasteiger partial charge on any atom is 0.196 e. The molecule has 0 N–H and O–H groups in total. The van der Waals surface area contributed by atoms with Gasteiger partial charge in [-0.3, -0.25) is 9.78 Å². The van der Waals surface area contributed by atoms with E-state index in [0.717, 1.165) is 33.9 Å². The molecular weight excluding hydrogens is 440 g/mol. The summed E-state index contributed by atoms with van der Waals surface area (Å²) in [6.07, 6.45) is 7.00. The van der Waals surface area contributed by atoms with Crippen LogP contribution in [0.15, 0.2) is 67.3 Å². The molecule has 34 heavy (non-hydrogen) atoms. The molecule has 0 saturated carbocycles. The number of carbonyl (C=O) groups excluding carboxylic acids is 1. The molecule has 0 fully saturated rings. The Hall–Kier alpha value is -3.29. The molecule has 4 aromatic rings. The number of ether oxygens (including phenoxy) is 1. The van der Waals surface area contributed by atoms with Crippen LogP contribution in [0.5, 0.6) is 0 Å². The molecule has 0 saturated heterocycles. The van der Waals surface area contributed by atoms with E-state index in [1.54, 1.807) is 24.5 Å². The predicted molar refractivity (Wildman–Crippen MR) is 141 cm³/mol. The van der Waals surface area contributed by atoms with E-state index >= 15 is 0 Å². The highest BCUT2D eigenvalue weighted by Gasteiger charge is 2.19. The molecule has 0 atom stereocenters. The number of fused-ring (bicyclic) bond motifs is 1. The number of carbonyl (C=O) groups is 1. The summed E-state index contributed by atoms with van der Waals surface area (Å²) in [5.41, 5.74) is 5.06. The van der Waals surface area contributed by atoms with Crippen LogP contribution in [0.4, 0.5) is 5.69 Å². The first-order chi connectivity index (χ1) is 16.2. The van der Waals surface area contributed by atoms with Gasteiger partial charge >= 0.3 is 0 Å². The molecule has 0 unspecified atom stereocenters. The lowest BCUT2D eigenvalue weighted by Gasteiger charge is -2.15. The van der Waals surface area contributed by atoms with Gasteiger partial charge in [-0.2, -0.15) is 0 Å². The highest BCUT2D eigenvalue weighted by atomic mass is 28.3. The summed E-state index contributed by atoms with van der Waals surface area (Å²) in [6.45, 7) is 8.07. The van der Waals surface area contributed by atoms with Gasteiger partial charge in [-0.25, -0.2) is 4.98 Å². The second-order valence-corrected chi connectivity index (χ2v) is 15.6. The molecule has 1 aromatic carbocycles. The quantitative estimate of drug-likeness (QED) is 0.177. The van der Waals surface area contributed by atoms with Crippen molar-refractivity contribution < 1.29 is 9.53 Å². The lowest BCUT2D eigenvalue weighted by molar-refractivity contribution is 0.0896. The second-order valence-electron chi connectivity index (χ2n) is 9.97. The fourth-order valence-electron chi connectivity index (χ4n) is 3.75. The molecule has 0 aliphatic rings. The van der Waals surface area contributed by atoms with Gasteiger partial charge in [-0.05, 0) is 41.9 Å². The van der Waals surface area contributed by atoms with Crippen molar-refractivity contribution in [2.45, 2.75) is 32.4 Å². The highest BCUT2D eigenvalue weighted by Crippen LogP contribution is 2.29. The Morgan fingerprint density at radius 2 is 1.82 bits per heavy atom. The first-order valence-electron chi connectivity index (χ1n) is 11.5. The van der Waals surface area contributed by atoms with Gasteiger partial charge in [0.15, 0.2) is 5.78 Å². The fourth-order valence-corrected chi connectivity index (χ4v) is 4.51. The molecule has 0 bridgehead atoms. The van der Waals surface area contributed by atoms with Gasteiger partial charge in [0.05, 0.1) is 0 Å². The van der Waals surface area contributed by atoms with Gasteiger partial charge in [-0.15, -0.1) is 0 Å². The Morgan fingerprint density at radius 3 is 2.47 bits per heavy atom. The zero-order valence-electron chi connectivity index (χ0n) is 20.6. The smallest absolute Gasteiger partial charge is 0.196 e. The van der Waals surface area contributed by atoms with Crippen LogP contribution in [0.3, 0.4) is 0 Å². The third kappa shape index (κ3) is 5.43. The summed E-state index contributed by atoms with van der Waals surface area (Å²) in [7, 11) is 2.87. The molecule has 0 spiro atoms.